The molecule has 190 valence electrons. The minimum atomic E-state index is -0.855. The molecule has 0 aromatic heterocycles. The lowest BCUT2D eigenvalue weighted by Gasteiger charge is -2.32. The van der Waals surface area contributed by atoms with E-state index >= 15 is 0 Å². The first-order chi connectivity index (χ1) is 16.9. The van der Waals surface area contributed by atoms with Gasteiger partial charge in [0.05, 0.1) is 13.2 Å². The van der Waals surface area contributed by atoms with Crippen molar-refractivity contribution in [2.75, 3.05) is 13.0 Å². The maximum absolute atomic E-state index is 13.8. The molecular weight excluding hydrogens is 464 g/mol. The van der Waals surface area contributed by atoms with E-state index in [0.717, 1.165) is 31.2 Å². The summed E-state index contributed by atoms with van der Waals surface area (Å²) in [7, 11) is 1.57. The number of hydrogen-bond donors (Lipinski definition) is 1. The van der Waals surface area contributed by atoms with Crippen LogP contribution in [0.5, 0.6) is 11.5 Å². The SMILES string of the molecule is COc1cc([C@@H](C(=O)NC2CCCCCC2)N(Cc2ccccc2)C(=O)CCl)ccc1OC(C)C. The molecule has 0 aliphatic heterocycles. The summed E-state index contributed by atoms with van der Waals surface area (Å²) in [5.41, 5.74) is 1.57. The largest absolute Gasteiger partial charge is 0.493 e. The molecule has 2 amide bonds. The topological polar surface area (TPSA) is 67.9 Å². The van der Waals surface area contributed by atoms with Crippen molar-refractivity contribution in [3.05, 3.63) is 59.7 Å². The summed E-state index contributed by atoms with van der Waals surface area (Å²) < 4.78 is 11.4. The number of alkyl halides is 1. The molecular formula is C28H37ClN2O4. The standard InChI is InChI=1S/C28H37ClN2O4/c1-20(2)35-24-16-15-22(17-25(24)34-3)27(28(33)30-23-13-9-4-5-10-14-23)31(26(32)18-29)19-21-11-7-6-8-12-21/h6-8,11-12,15-17,20,23,27H,4-5,9-10,13-14,18-19H2,1-3H3,(H,30,33)/t27-/m0/s1. The van der Waals surface area contributed by atoms with Crippen molar-refractivity contribution in [2.45, 2.75) is 77.1 Å². The second-order valence-electron chi connectivity index (χ2n) is 9.32. The van der Waals surface area contributed by atoms with Gasteiger partial charge in [-0.25, -0.2) is 0 Å². The summed E-state index contributed by atoms with van der Waals surface area (Å²) in [5, 5.41) is 3.24. The van der Waals surface area contributed by atoms with Crippen LogP contribution in [0.15, 0.2) is 48.5 Å². The van der Waals surface area contributed by atoms with E-state index in [1.54, 1.807) is 24.1 Å². The van der Waals surface area contributed by atoms with E-state index in [0.29, 0.717) is 17.1 Å². The highest BCUT2D eigenvalue weighted by Crippen LogP contribution is 2.34. The van der Waals surface area contributed by atoms with E-state index in [-0.39, 0.29) is 36.4 Å². The number of hydrogen-bond acceptors (Lipinski definition) is 4. The minimum absolute atomic E-state index is 0.0310. The average molecular weight is 501 g/mol. The first kappa shape index (κ1) is 26.9. The van der Waals surface area contributed by atoms with Gasteiger partial charge in [0.1, 0.15) is 11.9 Å². The molecule has 0 saturated heterocycles. The summed E-state index contributed by atoms with van der Waals surface area (Å²) in [6, 6.07) is 14.3. The zero-order chi connectivity index (χ0) is 25.2. The Morgan fingerprint density at radius 2 is 1.71 bits per heavy atom. The summed E-state index contributed by atoms with van der Waals surface area (Å²) in [6.45, 7) is 4.15. The van der Waals surface area contributed by atoms with Gasteiger partial charge in [0, 0.05) is 12.6 Å². The molecule has 35 heavy (non-hydrogen) atoms. The van der Waals surface area contributed by atoms with Gasteiger partial charge in [0.2, 0.25) is 11.8 Å². The fourth-order valence-corrected chi connectivity index (χ4v) is 4.72. The molecule has 1 aliphatic carbocycles. The predicted octanol–water partition coefficient (Wildman–Crippen LogP) is 5.63. The van der Waals surface area contributed by atoms with Crippen LogP contribution >= 0.6 is 11.6 Å². The Morgan fingerprint density at radius 3 is 2.31 bits per heavy atom. The zero-order valence-electron chi connectivity index (χ0n) is 21.0. The smallest absolute Gasteiger partial charge is 0.247 e. The number of carbonyl (C=O) groups excluding carboxylic acids is 2. The number of nitrogens with zero attached hydrogens (tertiary/aromatic N) is 1. The van der Waals surface area contributed by atoms with E-state index in [2.05, 4.69) is 5.32 Å². The van der Waals surface area contributed by atoms with Gasteiger partial charge >= 0.3 is 0 Å². The third-order valence-electron chi connectivity index (χ3n) is 6.26. The number of halogens is 1. The predicted molar refractivity (Wildman–Crippen MR) is 139 cm³/mol. The van der Waals surface area contributed by atoms with Gasteiger partial charge in [-0.15, -0.1) is 11.6 Å². The van der Waals surface area contributed by atoms with Crippen LogP contribution in [0, 0.1) is 0 Å². The first-order valence-corrected chi connectivity index (χ1v) is 13.0. The Morgan fingerprint density at radius 1 is 1.03 bits per heavy atom. The molecule has 0 bridgehead atoms. The molecule has 3 rings (SSSR count). The van der Waals surface area contributed by atoms with Crippen molar-refractivity contribution in [1.29, 1.82) is 0 Å². The molecule has 1 N–H and O–H groups in total. The van der Waals surface area contributed by atoms with Crippen LogP contribution < -0.4 is 14.8 Å². The molecule has 1 fully saturated rings. The molecule has 1 aliphatic rings. The Hall–Kier alpha value is -2.73. The van der Waals surface area contributed by atoms with Crippen LogP contribution in [0.2, 0.25) is 0 Å². The van der Waals surface area contributed by atoms with Crippen LogP contribution in [-0.4, -0.2) is 41.8 Å². The van der Waals surface area contributed by atoms with Crippen molar-refractivity contribution < 1.29 is 19.1 Å². The highest BCUT2D eigenvalue weighted by molar-refractivity contribution is 6.27. The minimum Gasteiger partial charge on any atom is -0.493 e. The quantitative estimate of drug-likeness (QED) is 0.339. The Bertz CT molecular complexity index is 959. The molecule has 6 nitrogen and oxygen atoms in total. The van der Waals surface area contributed by atoms with E-state index in [4.69, 9.17) is 21.1 Å². The molecule has 0 heterocycles. The number of ether oxygens (including phenoxy) is 2. The van der Waals surface area contributed by atoms with Gasteiger partial charge < -0.3 is 19.7 Å². The highest BCUT2D eigenvalue weighted by atomic mass is 35.5. The molecule has 2 aromatic carbocycles. The summed E-state index contributed by atoms with van der Waals surface area (Å²) in [4.78, 5) is 28.5. The van der Waals surface area contributed by atoms with E-state index in [1.807, 2.05) is 50.2 Å². The van der Waals surface area contributed by atoms with Crippen molar-refractivity contribution in [3.8, 4) is 11.5 Å². The normalized spacial score (nSPS) is 15.2. The number of nitrogens with one attached hydrogen (secondary N) is 1. The van der Waals surface area contributed by atoms with Gasteiger partial charge in [-0.3, -0.25) is 9.59 Å². The third kappa shape index (κ3) is 7.63. The van der Waals surface area contributed by atoms with Crippen LogP contribution in [0.25, 0.3) is 0 Å². The van der Waals surface area contributed by atoms with Crippen LogP contribution in [-0.2, 0) is 16.1 Å². The molecule has 1 saturated carbocycles. The zero-order valence-corrected chi connectivity index (χ0v) is 21.7. The maximum atomic E-state index is 13.8. The average Bonchev–Trinajstić information content (AvgIpc) is 3.12. The van der Waals surface area contributed by atoms with Crippen molar-refractivity contribution >= 4 is 23.4 Å². The van der Waals surface area contributed by atoms with Crippen molar-refractivity contribution in [3.63, 3.8) is 0 Å². The van der Waals surface area contributed by atoms with Crippen LogP contribution in [0.3, 0.4) is 0 Å². The number of amides is 2. The van der Waals surface area contributed by atoms with E-state index < -0.39 is 6.04 Å². The van der Waals surface area contributed by atoms with Gasteiger partial charge in [0.25, 0.3) is 0 Å². The first-order valence-electron chi connectivity index (χ1n) is 12.5. The maximum Gasteiger partial charge on any atom is 0.247 e. The summed E-state index contributed by atoms with van der Waals surface area (Å²) >= 11 is 6.04. The number of rotatable bonds is 10. The molecule has 7 heteroatoms. The van der Waals surface area contributed by atoms with E-state index in [1.165, 1.54) is 12.8 Å². The fourth-order valence-electron chi connectivity index (χ4n) is 4.56. The van der Waals surface area contributed by atoms with Crippen LogP contribution in [0.1, 0.15) is 69.5 Å². The number of carbonyl (C=O) groups is 2. The molecule has 0 unspecified atom stereocenters. The van der Waals surface area contributed by atoms with Crippen molar-refractivity contribution in [2.24, 2.45) is 0 Å². The Kier molecular flexibility index (Phi) is 10.3. The Balaban J connectivity index is 2.00. The van der Waals surface area contributed by atoms with Crippen LogP contribution in [0.4, 0.5) is 0 Å². The summed E-state index contributed by atoms with van der Waals surface area (Å²) in [5.74, 6) is 0.379. The molecule has 0 spiro atoms. The van der Waals surface area contributed by atoms with E-state index in [9.17, 15) is 9.59 Å². The lowest BCUT2D eigenvalue weighted by Crippen LogP contribution is -2.46. The second kappa shape index (κ2) is 13.4. The number of methoxy groups -OCH3 is 1. The number of benzene rings is 2. The lowest BCUT2D eigenvalue weighted by atomic mass is 10.0. The molecule has 2 aromatic rings. The Labute approximate surface area is 213 Å². The monoisotopic (exact) mass is 500 g/mol. The van der Waals surface area contributed by atoms with Gasteiger partial charge in [-0.2, -0.15) is 0 Å². The third-order valence-corrected chi connectivity index (χ3v) is 6.49. The fraction of sp³-hybridized carbons (Fsp3) is 0.500. The lowest BCUT2D eigenvalue weighted by molar-refractivity contribution is -0.140. The molecule has 1 atom stereocenters. The van der Waals surface area contributed by atoms with Gasteiger partial charge in [0.15, 0.2) is 11.5 Å². The van der Waals surface area contributed by atoms with Gasteiger partial charge in [-0.05, 0) is 49.9 Å². The summed E-state index contributed by atoms with van der Waals surface area (Å²) in [6.07, 6.45) is 6.44. The van der Waals surface area contributed by atoms with Gasteiger partial charge in [-0.1, -0.05) is 62.1 Å². The second-order valence-corrected chi connectivity index (χ2v) is 9.58. The van der Waals surface area contributed by atoms with Crippen molar-refractivity contribution in [1.82, 2.24) is 10.2 Å². The highest BCUT2D eigenvalue weighted by Gasteiger charge is 2.33. The molecule has 0 radical (unpaired) electrons.